The SMILES string of the molecule is CCCn1c(=O)n(C)c(=O)c2c1nc(NCCCN)n2CC. The molecule has 0 unspecified atom stereocenters. The fraction of sp³-hybridized carbons (Fsp3) is 0.643. The Morgan fingerprint density at radius 1 is 1.23 bits per heavy atom. The van der Waals surface area contributed by atoms with Crippen molar-refractivity contribution < 1.29 is 0 Å². The van der Waals surface area contributed by atoms with E-state index in [1.165, 1.54) is 7.05 Å². The maximum Gasteiger partial charge on any atom is 0.332 e. The third kappa shape index (κ3) is 2.66. The molecule has 0 aromatic carbocycles. The average Bonchev–Trinajstić information content (AvgIpc) is 2.88. The van der Waals surface area contributed by atoms with Crippen LogP contribution in [0, 0.1) is 0 Å². The molecule has 122 valence electrons. The first kappa shape index (κ1) is 16.3. The zero-order valence-corrected chi connectivity index (χ0v) is 13.4. The average molecular weight is 308 g/mol. The van der Waals surface area contributed by atoms with Crippen LogP contribution in [0.25, 0.3) is 11.2 Å². The number of hydrogen-bond donors (Lipinski definition) is 2. The molecule has 3 N–H and O–H groups in total. The van der Waals surface area contributed by atoms with Crippen LogP contribution in [0.3, 0.4) is 0 Å². The Morgan fingerprint density at radius 2 is 1.95 bits per heavy atom. The first-order valence-electron chi connectivity index (χ1n) is 7.70. The van der Waals surface area contributed by atoms with Gasteiger partial charge in [-0.05, 0) is 26.3 Å². The van der Waals surface area contributed by atoms with Gasteiger partial charge in [-0.25, -0.2) is 4.79 Å². The summed E-state index contributed by atoms with van der Waals surface area (Å²) in [7, 11) is 1.50. The summed E-state index contributed by atoms with van der Waals surface area (Å²) in [6.07, 6.45) is 1.61. The van der Waals surface area contributed by atoms with E-state index in [1.807, 2.05) is 18.4 Å². The van der Waals surface area contributed by atoms with Crippen LogP contribution in [0.1, 0.15) is 26.7 Å². The Kier molecular flexibility index (Phi) is 5.02. The highest BCUT2D eigenvalue weighted by Gasteiger charge is 2.19. The van der Waals surface area contributed by atoms with Crippen molar-refractivity contribution in [1.82, 2.24) is 18.7 Å². The summed E-state index contributed by atoms with van der Waals surface area (Å²) in [5.74, 6) is 0.610. The molecule has 0 atom stereocenters. The van der Waals surface area contributed by atoms with Gasteiger partial charge in [-0.1, -0.05) is 6.92 Å². The van der Waals surface area contributed by atoms with Crippen molar-refractivity contribution in [2.45, 2.75) is 39.8 Å². The molecule has 0 amide bonds. The lowest BCUT2D eigenvalue weighted by Crippen LogP contribution is -2.38. The summed E-state index contributed by atoms with van der Waals surface area (Å²) >= 11 is 0. The summed E-state index contributed by atoms with van der Waals surface area (Å²) in [5, 5.41) is 3.20. The maximum absolute atomic E-state index is 12.5. The van der Waals surface area contributed by atoms with Crippen LogP contribution in [-0.4, -0.2) is 31.8 Å². The van der Waals surface area contributed by atoms with E-state index in [-0.39, 0.29) is 11.2 Å². The third-order valence-corrected chi connectivity index (χ3v) is 3.66. The fourth-order valence-electron chi connectivity index (χ4n) is 2.53. The van der Waals surface area contributed by atoms with E-state index in [0.717, 1.165) is 17.4 Å². The van der Waals surface area contributed by atoms with E-state index in [9.17, 15) is 9.59 Å². The number of fused-ring (bicyclic) bond motifs is 1. The van der Waals surface area contributed by atoms with Crippen LogP contribution >= 0.6 is 0 Å². The largest absolute Gasteiger partial charge is 0.356 e. The minimum absolute atomic E-state index is 0.312. The number of rotatable bonds is 7. The summed E-state index contributed by atoms with van der Waals surface area (Å²) in [4.78, 5) is 29.3. The van der Waals surface area contributed by atoms with Gasteiger partial charge in [-0.15, -0.1) is 0 Å². The molecular weight excluding hydrogens is 284 g/mol. The number of nitrogens with two attached hydrogens (primary N) is 1. The summed E-state index contributed by atoms with van der Waals surface area (Å²) < 4.78 is 4.53. The van der Waals surface area contributed by atoms with Crippen molar-refractivity contribution in [1.29, 1.82) is 0 Å². The Labute approximate surface area is 128 Å². The van der Waals surface area contributed by atoms with Gasteiger partial charge in [-0.3, -0.25) is 13.9 Å². The van der Waals surface area contributed by atoms with Gasteiger partial charge in [0.25, 0.3) is 5.56 Å². The molecule has 0 aliphatic carbocycles. The van der Waals surface area contributed by atoms with Gasteiger partial charge >= 0.3 is 5.69 Å². The van der Waals surface area contributed by atoms with E-state index >= 15 is 0 Å². The number of nitrogens with zero attached hydrogens (tertiary/aromatic N) is 4. The molecule has 0 radical (unpaired) electrons. The zero-order chi connectivity index (χ0) is 16.3. The maximum atomic E-state index is 12.5. The Bertz CT molecular complexity index is 770. The number of nitrogens with one attached hydrogen (secondary N) is 1. The fourth-order valence-corrected chi connectivity index (χ4v) is 2.53. The highest BCUT2D eigenvalue weighted by Crippen LogP contribution is 2.16. The molecule has 2 rings (SSSR count). The molecule has 2 aromatic heterocycles. The molecule has 0 fully saturated rings. The molecule has 0 aliphatic heterocycles. The molecule has 8 nitrogen and oxygen atoms in total. The molecule has 2 heterocycles. The highest BCUT2D eigenvalue weighted by molar-refractivity contribution is 5.74. The van der Waals surface area contributed by atoms with Crippen molar-refractivity contribution in [3.8, 4) is 0 Å². The normalized spacial score (nSPS) is 11.3. The topological polar surface area (TPSA) is 99.9 Å². The molecule has 0 spiro atoms. The predicted octanol–water partition coefficient (Wildman–Crippen LogP) is 0.0873. The highest BCUT2D eigenvalue weighted by atomic mass is 16.2. The van der Waals surface area contributed by atoms with E-state index in [0.29, 0.717) is 43.3 Å². The molecule has 0 saturated heterocycles. The lowest BCUT2D eigenvalue weighted by atomic mass is 10.4. The van der Waals surface area contributed by atoms with Crippen molar-refractivity contribution in [3.63, 3.8) is 0 Å². The predicted molar refractivity (Wildman–Crippen MR) is 87.4 cm³/mol. The van der Waals surface area contributed by atoms with E-state index in [4.69, 9.17) is 5.73 Å². The van der Waals surface area contributed by atoms with Gasteiger partial charge in [0.05, 0.1) is 0 Å². The lowest BCUT2D eigenvalue weighted by molar-refractivity contribution is 0.609. The molecule has 8 heteroatoms. The van der Waals surface area contributed by atoms with Gasteiger partial charge in [0, 0.05) is 26.7 Å². The second-order valence-corrected chi connectivity index (χ2v) is 5.22. The van der Waals surface area contributed by atoms with Crippen LogP contribution in [0.15, 0.2) is 9.59 Å². The number of aryl methyl sites for hydroxylation is 2. The molecule has 22 heavy (non-hydrogen) atoms. The van der Waals surface area contributed by atoms with Gasteiger partial charge < -0.3 is 15.6 Å². The number of imidazole rings is 1. The van der Waals surface area contributed by atoms with Crippen LogP contribution in [0.5, 0.6) is 0 Å². The van der Waals surface area contributed by atoms with Gasteiger partial charge in [-0.2, -0.15) is 4.98 Å². The third-order valence-electron chi connectivity index (χ3n) is 3.66. The smallest absolute Gasteiger partial charge is 0.332 e. The van der Waals surface area contributed by atoms with Crippen LogP contribution in [-0.2, 0) is 20.1 Å². The Hall–Kier alpha value is -2.09. The molecule has 2 aromatic rings. The Balaban J connectivity index is 2.71. The lowest BCUT2D eigenvalue weighted by Gasteiger charge is -2.09. The molecule has 0 saturated carbocycles. The van der Waals surface area contributed by atoms with E-state index in [2.05, 4.69) is 10.3 Å². The monoisotopic (exact) mass is 308 g/mol. The molecular formula is C14H24N6O2. The zero-order valence-electron chi connectivity index (χ0n) is 13.4. The first-order chi connectivity index (χ1) is 10.6. The van der Waals surface area contributed by atoms with Crippen LogP contribution in [0.4, 0.5) is 5.95 Å². The quantitative estimate of drug-likeness (QED) is 0.706. The number of hydrogen-bond acceptors (Lipinski definition) is 5. The summed E-state index contributed by atoms with van der Waals surface area (Å²) in [6, 6.07) is 0. The summed E-state index contributed by atoms with van der Waals surface area (Å²) in [6.45, 7) is 6.33. The van der Waals surface area contributed by atoms with Crippen molar-refractivity contribution in [2.75, 3.05) is 18.4 Å². The Morgan fingerprint density at radius 3 is 2.55 bits per heavy atom. The second kappa shape index (κ2) is 6.78. The van der Waals surface area contributed by atoms with Crippen molar-refractivity contribution in [2.24, 2.45) is 12.8 Å². The minimum atomic E-state index is -0.325. The van der Waals surface area contributed by atoms with Crippen molar-refractivity contribution >= 4 is 17.1 Å². The van der Waals surface area contributed by atoms with Gasteiger partial charge in [0.15, 0.2) is 11.2 Å². The second-order valence-electron chi connectivity index (χ2n) is 5.22. The molecule has 0 aliphatic rings. The van der Waals surface area contributed by atoms with Gasteiger partial charge in [0.2, 0.25) is 5.95 Å². The van der Waals surface area contributed by atoms with E-state index < -0.39 is 0 Å². The van der Waals surface area contributed by atoms with Crippen molar-refractivity contribution in [3.05, 3.63) is 20.8 Å². The number of aromatic nitrogens is 4. The van der Waals surface area contributed by atoms with Gasteiger partial charge in [0.1, 0.15) is 0 Å². The minimum Gasteiger partial charge on any atom is -0.356 e. The first-order valence-corrected chi connectivity index (χ1v) is 7.70. The standard InChI is InChI=1S/C14H24N6O2/c1-4-9-20-11-10(12(21)18(3)14(20)22)19(5-2)13(17-11)16-8-6-7-15/h4-9,15H2,1-3H3,(H,16,17). The van der Waals surface area contributed by atoms with Crippen LogP contribution in [0.2, 0.25) is 0 Å². The molecule has 0 bridgehead atoms. The number of anilines is 1. The van der Waals surface area contributed by atoms with Crippen LogP contribution < -0.4 is 22.3 Å². The van der Waals surface area contributed by atoms with E-state index in [1.54, 1.807) is 4.57 Å². The summed E-state index contributed by atoms with van der Waals surface area (Å²) in [5.41, 5.74) is 5.78.